The molecule has 0 fully saturated rings. The van der Waals surface area contributed by atoms with E-state index in [0.29, 0.717) is 28.2 Å². The number of halogens is 1. The number of rotatable bonds is 5. The second-order valence-corrected chi connectivity index (χ2v) is 6.07. The molecular weight excluding hydrogens is 314 g/mol. The minimum atomic E-state index is 0.333. The number of nitrogens with zero attached hydrogens (tertiary/aromatic N) is 4. The molecule has 0 saturated carbocycles. The average molecular weight is 332 g/mol. The molecule has 3 rings (SSSR count). The zero-order valence-electron chi connectivity index (χ0n) is 12.9. The Morgan fingerprint density at radius 3 is 2.61 bits per heavy atom. The Morgan fingerprint density at radius 2 is 1.96 bits per heavy atom. The van der Waals surface area contributed by atoms with Gasteiger partial charge < -0.3 is 9.88 Å². The number of nitrogens with two attached hydrogens (primary N) is 1. The Labute approximate surface area is 138 Å². The van der Waals surface area contributed by atoms with Crippen molar-refractivity contribution in [3.8, 4) is 0 Å². The smallest absolute Gasteiger partial charge is 0.241 e. The fourth-order valence-corrected chi connectivity index (χ4v) is 2.42. The predicted octanol–water partition coefficient (Wildman–Crippen LogP) is 3.16. The van der Waals surface area contributed by atoms with Crippen molar-refractivity contribution in [1.82, 2.24) is 19.5 Å². The fraction of sp³-hybridized carbons (Fsp3) is 0.267. The number of fused-ring (bicyclic) bond motifs is 1. The first-order valence-corrected chi connectivity index (χ1v) is 7.66. The van der Waals surface area contributed by atoms with E-state index in [4.69, 9.17) is 17.4 Å². The van der Waals surface area contributed by atoms with Crippen LogP contribution in [0.25, 0.3) is 11.2 Å². The number of aromatic nitrogens is 4. The molecule has 0 unspecified atom stereocenters. The van der Waals surface area contributed by atoms with Crippen molar-refractivity contribution in [2.24, 2.45) is 11.8 Å². The summed E-state index contributed by atoms with van der Waals surface area (Å²) in [5.74, 6) is 6.89. The Balaban J connectivity index is 2.04. The van der Waals surface area contributed by atoms with E-state index in [1.165, 1.54) is 0 Å². The number of benzene rings is 1. The van der Waals surface area contributed by atoms with E-state index in [1.54, 1.807) is 6.33 Å². The van der Waals surface area contributed by atoms with Crippen molar-refractivity contribution >= 4 is 40.2 Å². The average Bonchev–Trinajstić information content (AvgIpc) is 2.92. The van der Waals surface area contributed by atoms with Gasteiger partial charge >= 0.3 is 0 Å². The molecule has 4 N–H and O–H groups in total. The van der Waals surface area contributed by atoms with Gasteiger partial charge in [0.05, 0.1) is 6.33 Å². The molecule has 0 saturated heterocycles. The van der Waals surface area contributed by atoms with Crippen molar-refractivity contribution < 1.29 is 0 Å². The van der Waals surface area contributed by atoms with Crippen LogP contribution in [0.3, 0.4) is 0 Å². The molecule has 3 aromatic rings. The molecule has 0 aliphatic carbocycles. The van der Waals surface area contributed by atoms with E-state index >= 15 is 0 Å². The molecule has 0 atom stereocenters. The van der Waals surface area contributed by atoms with Crippen LogP contribution >= 0.6 is 11.6 Å². The maximum absolute atomic E-state index is 5.91. The molecule has 0 aliphatic rings. The third kappa shape index (κ3) is 3.35. The molecule has 0 aliphatic heterocycles. The van der Waals surface area contributed by atoms with Gasteiger partial charge in [0.15, 0.2) is 17.0 Å². The van der Waals surface area contributed by atoms with E-state index in [1.807, 2.05) is 28.8 Å². The predicted molar refractivity (Wildman–Crippen MR) is 92.7 cm³/mol. The van der Waals surface area contributed by atoms with Crippen molar-refractivity contribution in [2.75, 3.05) is 10.7 Å². The molecule has 1 aromatic carbocycles. The highest BCUT2D eigenvalue weighted by atomic mass is 35.5. The maximum Gasteiger partial charge on any atom is 0.241 e. The lowest BCUT2D eigenvalue weighted by atomic mass is 10.2. The van der Waals surface area contributed by atoms with Crippen LogP contribution in [0.15, 0.2) is 30.6 Å². The highest BCUT2D eigenvalue weighted by molar-refractivity contribution is 6.30. The Kier molecular flexibility index (Phi) is 4.31. The number of hydrogen-bond acceptors (Lipinski definition) is 6. The summed E-state index contributed by atoms with van der Waals surface area (Å²) in [6.07, 6.45) is 1.77. The van der Waals surface area contributed by atoms with Crippen LogP contribution in [0, 0.1) is 5.92 Å². The van der Waals surface area contributed by atoms with Crippen LogP contribution in [0.5, 0.6) is 0 Å². The third-order valence-corrected chi connectivity index (χ3v) is 3.51. The number of hydrogen-bond donors (Lipinski definition) is 3. The maximum atomic E-state index is 5.91. The highest BCUT2D eigenvalue weighted by Gasteiger charge is 2.14. The van der Waals surface area contributed by atoms with E-state index in [-0.39, 0.29) is 0 Å². The van der Waals surface area contributed by atoms with Crippen LogP contribution in [-0.2, 0) is 6.54 Å². The first-order chi connectivity index (χ1) is 11.1. The summed E-state index contributed by atoms with van der Waals surface area (Å²) >= 11 is 5.91. The largest absolute Gasteiger partial charge is 0.338 e. The zero-order chi connectivity index (χ0) is 16.4. The summed E-state index contributed by atoms with van der Waals surface area (Å²) in [5.41, 5.74) is 4.79. The lowest BCUT2D eigenvalue weighted by Crippen LogP contribution is -2.13. The van der Waals surface area contributed by atoms with Gasteiger partial charge in [-0.15, -0.1) is 0 Å². The number of anilines is 3. The molecule has 0 spiro atoms. The zero-order valence-corrected chi connectivity index (χ0v) is 13.7. The normalized spacial score (nSPS) is 11.2. The van der Waals surface area contributed by atoms with Gasteiger partial charge in [-0.3, -0.25) is 5.43 Å². The van der Waals surface area contributed by atoms with E-state index in [9.17, 15) is 0 Å². The lowest BCUT2D eigenvalue weighted by molar-refractivity contribution is 0.530. The Morgan fingerprint density at radius 1 is 1.22 bits per heavy atom. The molecule has 7 nitrogen and oxygen atoms in total. The monoisotopic (exact) mass is 331 g/mol. The molecule has 120 valence electrons. The Hall–Kier alpha value is -2.38. The molecule has 8 heteroatoms. The first kappa shape index (κ1) is 15.5. The van der Waals surface area contributed by atoms with Crippen molar-refractivity contribution in [2.45, 2.75) is 20.4 Å². The van der Waals surface area contributed by atoms with Gasteiger partial charge in [0.2, 0.25) is 5.95 Å². The van der Waals surface area contributed by atoms with Crippen molar-refractivity contribution in [3.05, 3.63) is 35.6 Å². The standard InChI is InChI=1S/C15H18ClN7/c1-9(2)7-23-8-18-12-13(20-15(22-17)21-14(12)23)19-11-5-3-10(16)4-6-11/h3-6,8-9H,7,17H2,1-2H3,(H2,19,20,21,22). The summed E-state index contributed by atoms with van der Waals surface area (Å²) in [5, 5.41) is 3.91. The summed E-state index contributed by atoms with van der Waals surface area (Å²) in [7, 11) is 0. The van der Waals surface area contributed by atoms with Gasteiger partial charge in [0, 0.05) is 17.3 Å². The number of nitrogens with one attached hydrogen (secondary N) is 2. The molecule has 0 radical (unpaired) electrons. The molecule has 23 heavy (non-hydrogen) atoms. The lowest BCUT2D eigenvalue weighted by Gasteiger charge is -2.10. The molecule has 2 aromatic heterocycles. The van der Waals surface area contributed by atoms with Gasteiger partial charge in [-0.2, -0.15) is 9.97 Å². The molecular formula is C15H18ClN7. The number of nitrogen functional groups attached to an aromatic ring is 1. The quantitative estimate of drug-likeness (QED) is 0.491. The summed E-state index contributed by atoms with van der Waals surface area (Å²) in [6, 6.07) is 7.36. The van der Waals surface area contributed by atoms with E-state index < -0.39 is 0 Å². The summed E-state index contributed by atoms with van der Waals surface area (Å²) in [4.78, 5) is 13.2. The fourth-order valence-electron chi connectivity index (χ4n) is 2.29. The van der Waals surface area contributed by atoms with Crippen molar-refractivity contribution in [1.29, 1.82) is 0 Å². The molecule has 2 heterocycles. The molecule has 0 bridgehead atoms. The summed E-state index contributed by atoms with van der Waals surface area (Å²) < 4.78 is 2.00. The van der Waals surface area contributed by atoms with Crippen LogP contribution in [0.4, 0.5) is 17.5 Å². The van der Waals surface area contributed by atoms with Crippen LogP contribution in [-0.4, -0.2) is 19.5 Å². The topological polar surface area (TPSA) is 93.7 Å². The first-order valence-electron chi connectivity index (χ1n) is 7.29. The summed E-state index contributed by atoms with van der Waals surface area (Å²) in [6.45, 7) is 5.10. The SMILES string of the molecule is CC(C)Cn1cnc2c(Nc3ccc(Cl)cc3)nc(NN)nc21. The van der Waals surface area contributed by atoms with Crippen LogP contribution in [0.1, 0.15) is 13.8 Å². The van der Waals surface area contributed by atoms with Gasteiger partial charge in [0.1, 0.15) is 0 Å². The molecule has 0 amide bonds. The minimum absolute atomic E-state index is 0.333. The van der Waals surface area contributed by atoms with Gasteiger partial charge in [-0.25, -0.2) is 10.8 Å². The van der Waals surface area contributed by atoms with Crippen molar-refractivity contribution in [3.63, 3.8) is 0 Å². The second kappa shape index (κ2) is 6.39. The van der Waals surface area contributed by atoms with Gasteiger partial charge in [0.25, 0.3) is 0 Å². The number of imidazole rings is 1. The Bertz CT molecular complexity index is 811. The number of hydrazine groups is 1. The highest BCUT2D eigenvalue weighted by Crippen LogP contribution is 2.25. The minimum Gasteiger partial charge on any atom is -0.338 e. The second-order valence-electron chi connectivity index (χ2n) is 5.64. The van der Waals surface area contributed by atoms with Crippen LogP contribution < -0.4 is 16.6 Å². The van der Waals surface area contributed by atoms with Gasteiger partial charge in [-0.1, -0.05) is 25.4 Å². The third-order valence-electron chi connectivity index (χ3n) is 3.26. The van der Waals surface area contributed by atoms with E-state index in [0.717, 1.165) is 17.9 Å². The van der Waals surface area contributed by atoms with Gasteiger partial charge in [-0.05, 0) is 30.2 Å². The van der Waals surface area contributed by atoms with E-state index in [2.05, 4.69) is 39.5 Å². The van der Waals surface area contributed by atoms with Crippen LogP contribution in [0.2, 0.25) is 5.02 Å².